The first-order chi connectivity index (χ1) is 19.8. The van der Waals surface area contributed by atoms with Crippen molar-refractivity contribution in [3.05, 3.63) is 42.0 Å². The zero-order chi connectivity index (χ0) is 31.4. The van der Waals surface area contributed by atoms with Gasteiger partial charge in [-0.2, -0.15) is 0 Å². The van der Waals surface area contributed by atoms with Gasteiger partial charge in [-0.25, -0.2) is 4.79 Å². The average molecular weight is 623 g/mol. The first kappa shape index (κ1) is 33.8. The highest BCUT2D eigenvalue weighted by Crippen LogP contribution is 2.36. The standard InChI is InChI=1S/C27H30N2O11S2/c1-6-36-26(35)19-12-21(18-10-8-7-9-11-18)42-25(19)29-27(41)28-24(34)23(40-17(5)33)22(39-16(4)32)20(38-15(3)31)13-37-14(2)30/h7-12,20,22-23H,6,13H2,1-5H3,(H2,28,29,34,41). The van der Waals surface area contributed by atoms with Crippen LogP contribution in [0.5, 0.6) is 0 Å². The fourth-order valence-corrected chi connectivity index (χ4v) is 4.81. The number of nitrogens with one attached hydrogen (secondary N) is 2. The molecule has 0 bridgehead atoms. The van der Waals surface area contributed by atoms with E-state index < -0.39 is 60.7 Å². The SMILES string of the molecule is CCOC(=O)c1cc(-c2ccccc2)sc1NC(=S)NC(=O)C(OC(C)=O)C(OC(C)=O)C(COC(C)=O)OC(C)=O. The fraction of sp³-hybridized carbons (Fsp3) is 0.370. The van der Waals surface area contributed by atoms with Gasteiger partial charge >= 0.3 is 29.8 Å². The summed E-state index contributed by atoms with van der Waals surface area (Å²) in [7, 11) is 0. The fourth-order valence-electron chi connectivity index (χ4n) is 3.49. The highest BCUT2D eigenvalue weighted by atomic mass is 32.1. The number of anilines is 1. The molecule has 0 aliphatic rings. The van der Waals surface area contributed by atoms with Crippen LogP contribution in [-0.4, -0.2) is 72.4 Å². The molecule has 0 aliphatic heterocycles. The Labute approximate surface area is 250 Å². The van der Waals surface area contributed by atoms with Crippen molar-refractivity contribution in [1.82, 2.24) is 5.32 Å². The number of amides is 1. The third kappa shape index (κ3) is 10.6. The Morgan fingerprint density at radius 3 is 2.02 bits per heavy atom. The van der Waals surface area contributed by atoms with Crippen molar-refractivity contribution in [2.45, 2.75) is 52.9 Å². The lowest BCUT2D eigenvalue weighted by Gasteiger charge is -2.30. The molecule has 1 amide bonds. The maximum atomic E-state index is 13.3. The summed E-state index contributed by atoms with van der Waals surface area (Å²) in [6.07, 6.45) is -5.18. The van der Waals surface area contributed by atoms with Gasteiger partial charge in [0.05, 0.1) is 12.2 Å². The predicted octanol–water partition coefficient (Wildman–Crippen LogP) is 2.76. The Hall–Kier alpha value is -4.37. The van der Waals surface area contributed by atoms with E-state index in [-0.39, 0.29) is 22.3 Å². The van der Waals surface area contributed by atoms with Crippen LogP contribution in [0.2, 0.25) is 0 Å². The molecule has 1 heterocycles. The van der Waals surface area contributed by atoms with Crippen LogP contribution >= 0.6 is 23.6 Å². The molecule has 2 rings (SSSR count). The van der Waals surface area contributed by atoms with E-state index in [0.717, 1.165) is 33.3 Å². The lowest BCUT2D eigenvalue weighted by molar-refractivity contribution is -0.190. The summed E-state index contributed by atoms with van der Waals surface area (Å²) >= 11 is 6.45. The van der Waals surface area contributed by atoms with Crippen molar-refractivity contribution >= 4 is 69.4 Å². The van der Waals surface area contributed by atoms with Gasteiger partial charge in [-0.3, -0.25) is 29.3 Å². The van der Waals surface area contributed by atoms with Gasteiger partial charge in [-0.15, -0.1) is 11.3 Å². The number of thiophene rings is 1. The summed E-state index contributed by atoms with van der Waals surface area (Å²) in [5.74, 6) is -5.19. The molecular formula is C27H30N2O11S2. The number of benzene rings is 1. The summed E-state index contributed by atoms with van der Waals surface area (Å²) in [4.78, 5) is 73.6. The molecule has 1 aromatic heterocycles. The van der Waals surface area contributed by atoms with Gasteiger partial charge < -0.3 is 29.0 Å². The van der Waals surface area contributed by atoms with Crippen LogP contribution < -0.4 is 10.6 Å². The van der Waals surface area contributed by atoms with Crippen molar-refractivity contribution in [2.75, 3.05) is 18.5 Å². The first-order valence-electron chi connectivity index (χ1n) is 12.5. The zero-order valence-electron chi connectivity index (χ0n) is 23.4. The maximum absolute atomic E-state index is 13.3. The molecule has 15 heteroatoms. The first-order valence-corrected chi connectivity index (χ1v) is 13.7. The Balaban J connectivity index is 2.38. The molecule has 2 N–H and O–H groups in total. The monoisotopic (exact) mass is 622 g/mol. The maximum Gasteiger partial charge on any atom is 0.341 e. The smallest absolute Gasteiger partial charge is 0.341 e. The van der Waals surface area contributed by atoms with Gasteiger partial charge in [0.15, 0.2) is 17.3 Å². The summed E-state index contributed by atoms with van der Waals surface area (Å²) in [6, 6.07) is 10.8. The van der Waals surface area contributed by atoms with Crippen LogP contribution in [0.25, 0.3) is 10.4 Å². The van der Waals surface area contributed by atoms with Crippen molar-refractivity contribution < 1.29 is 52.5 Å². The van der Waals surface area contributed by atoms with Gasteiger partial charge in [-0.05, 0) is 30.8 Å². The normalized spacial score (nSPS) is 12.5. The van der Waals surface area contributed by atoms with E-state index in [2.05, 4.69) is 10.6 Å². The van der Waals surface area contributed by atoms with Crippen LogP contribution in [0.1, 0.15) is 45.0 Å². The molecule has 42 heavy (non-hydrogen) atoms. The molecule has 13 nitrogen and oxygen atoms in total. The molecule has 0 saturated carbocycles. The van der Waals surface area contributed by atoms with Gasteiger partial charge in [-0.1, -0.05) is 30.3 Å². The minimum absolute atomic E-state index is 0.119. The van der Waals surface area contributed by atoms with E-state index in [1.165, 1.54) is 11.3 Å². The van der Waals surface area contributed by atoms with Gasteiger partial charge in [0.2, 0.25) is 6.10 Å². The van der Waals surface area contributed by atoms with E-state index >= 15 is 0 Å². The third-order valence-corrected chi connectivity index (χ3v) is 6.34. The largest absolute Gasteiger partial charge is 0.462 e. The molecule has 3 unspecified atom stereocenters. The van der Waals surface area contributed by atoms with E-state index in [4.69, 9.17) is 35.9 Å². The number of thiocarbonyl (C=S) groups is 1. The van der Waals surface area contributed by atoms with Crippen LogP contribution in [-0.2, 0) is 47.7 Å². The van der Waals surface area contributed by atoms with E-state index in [9.17, 15) is 28.8 Å². The summed E-state index contributed by atoms with van der Waals surface area (Å²) in [6.45, 7) is 5.28. The molecule has 0 fully saturated rings. The lowest BCUT2D eigenvalue weighted by atomic mass is 10.1. The van der Waals surface area contributed by atoms with E-state index in [0.29, 0.717) is 4.88 Å². The van der Waals surface area contributed by atoms with Gasteiger partial charge in [0.25, 0.3) is 5.91 Å². The number of esters is 5. The minimum Gasteiger partial charge on any atom is -0.462 e. The molecule has 226 valence electrons. The quantitative estimate of drug-likeness (QED) is 0.201. The van der Waals surface area contributed by atoms with E-state index in [1.54, 1.807) is 13.0 Å². The lowest BCUT2D eigenvalue weighted by Crippen LogP contribution is -2.55. The Morgan fingerprint density at radius 1 is 0.857 bits per heavy atom. The van der Waals surface area contributed by atoms with Gasteiger partial charge in [0.1, 0.15) is 11.6 Å². The minimum atomic E-state index is -1.90. The second-order valence-corrected chi connectivity index (χ2v) is 9.90. The highest BCUT2D eigenvalue weighted by Gasteiger charge is 2.42. The predicted molar refractivity (Wildman–Crippen MR) is 153 cm³/mol. The van der Waals surface area contributed by atoms with Crippen LogP contribution in [0.15, 0.2) is 36.4 Å². The Bertz CT molecular complexity index is 1330. The molecular weight excluding hydrogens is 592 g/mol. The summed E-state index contributed by atoms with van der Waals surface area (Å²) in [5.41, 5.74) is 0.974. The van der Waals surface area contributed by atoms with Crippen LogP contribution in [0.3, 0.4) is 0 Å². The number of rotatable bonds is 12. The summed E-state index contributed by atoms with van der Waals surface area (Å²) < 4.78 is 25.5. The Kier molecular flexibility index (Phi) is 13.0. The number of hydrogen-bond acceptors (Lipinski definition) is 13. The zero-order valence-corrected chi connectivity index (χ0v) is 25.1. The number of carbonyl (C=O) groups excluding carboxylic acids is 6. The number of carbonyl (C=O) groups is 6. The molecule has 2 aromatic rings. The summed E-state index contributed by atoms with van der Waals surface area (Å²) in [5, 5.41) is 5.05. The molecule has 3 atom stereocenters. The van der Waals surface area contributed by atoms with Crippen LogP contribution in [0.4, 0.5) is 5.00 Å². The average Bonchev–Trinajstić information content (AvgIpc) is 3.32. The van der Waals surface area contributed by atoms with Crippen LogP contribution in [0, 0.1) is 0 Å². The number of ether oxygens (including phenoxy) is 5. The Morgan fingerprint density at radius 2 is 1.48 bits per heavy atom. The molecule has 0 aliphatic carbocycles. The van der Waals surface area contributed by atoms with E-state index in [1.807, 2.05) is 30.3 Å². The van der Waals surface area contributed by atoms with Crippen molar-refractivity contribution in [1.29, 1.82) is 0 Å². The van der Waals surface area contributed by atoms with Crippen molar-refractivity contribution in [3.8, 4) is 10.4 Å². The van der Waals surface area contributed by atoms with Crippen molar-refractivity contribution in [2.24, 2.45) is 0 Å². The number of hydrogen-bond donors (Lipinski definition) is 2. The third-order valence-electron chi connectivity index (χ3n) is 5.04. The molecule has 0 saturated heterocycles. The molecule has 0 spiro atoms. The van der Waals surface area contributed by atoms with Gasteiger partial charge in [0, 0.05) is 32.6 Å². The second-order valence-electron chi connectivity index (χ2n) is 8.44. The van der Waals surface area contributed by atoms with Crippen molar-refractivity contribution in [3.63, 3.8) is 0 Å². The molecule has 1 aromatic carbocycles. The second kappa shape index (κ2) is 16.2. The topological polar surface area (TPSA) is 173 Å². The molecule has 0 radical (unpaired) electrons. The highest BCUT2D eigenvalue weighted by molar-refractivity contribution is 7.80.